The number of nitrogens with two attached hydrogens (primary N) is 1. The van der Waals surface area contributed by atoms with Crippen LogP contribution in [0.25, 0.3) is 5.69 Å². The number of hydrogen-bond donors (Lipinski definition) is 2. The monoisotopic (exact) mass is 391 g/mol. The number of primary amides is 1. The second kappa shape index (κ2) is 8.43. The van der Waals surface area contributed by atoms with Gasteiger partial charge in [-0.1, -0.05) is 12.1 Å². The van der Waals surface area contributed by atoms with Gasteiger partial charge in [-0.2, -0.15) is 0 Å². The molecular formula is C22H21N3O4. The van der Waals surface area contributed by atoms with E-state index in [9.17, 15) is 14.4 Å². The predicted molar refractivity (Wildman–Crippen MR) is 109 cm³/mol. The van der Waals surface area contributed by atoms with Crippen LogP contribution in [0.15, 0.2) is 60.7 Å². The van der Waals surface area contributed by atoms with Crippen LogP contribution in [0.4, 0.5) is 5.69 Å². The summed E-state index contributed by atoms with van der Waals surface area (Å²) < 4.78 is 7.13. The van der Waals surface area contributed by atoms with Gasteiger partial charge in [-0.25, -0.2) is 4.79 Å². The van der Waals surface area contributed by atoms with Gasteiger partial charge in [0.2, 0.25) is 0 Å². The Morgan fingerprint density at radius 3 is 2.17 bits per heavy atom. The average molecular weight is 391 g/mol. The summed E-state index contributed by atoms with van der Waals surface area (Å²) >= 11 is 0. The number of carbonyl (C=O) groups is 3. The van der Waals surface area contributed by atoms with Crippen molar-refractivity contribution in [3.63, 3.8) is 0 Å². The normalized spacial score (nSPS) is 10.4. The topological polar surface area (TPSA) is 103 Å². The molecule has 0 atom stereocenters. The van der Waals surface area contributed by atoms with Gasteiger partial charge in [0.05, 0.1) is 16.8 Å². The molecule has 2 aromatic carbocycles. The molecule has 1 heterocycles. The zero-order valence-corrected chi connectivity index (χ0v) is 16.1. The molecule has 0 bridgehead atoms. The highest BCUT2D eigenvalue weighted by atomic mass is 16.5. The van der Waals surface area contributed by atoms with Crippen LogP contribution >= 0.6 is 0 Å². The molecule has 3 N–H and O–H groups in total. The van der Waals surface area contributed by atoms with Crippen molar-refractivity contribution in [2.75, 3.05) is 11.9 Å². The van der Waals surface area contributed by atoms with Gasteiger partial charge >= 0.3 is 5.97 Å². The van der Waals surface area contributed by atoms with Gasteiger partial charge in [0.15, 0.2) is 6.61 Å². The fourth-order valence-electron chi connectivity index (χ4n) is 3.03. The lowest BCUT2D eigenvalue weighted by Gasteiger charge is -2.11. The third-order valence-corrected chi connectivity index (χ3v) is 4.43. The number of aryl methyl sites for hydroxylation is 2. The fraction of sp³-hybridized carbons (Fsp3) is 0.136. The number of aromatic nitrogens is 1. The third kappa shape index (κ3) is 4.52. The third-order valence-electron chi connectivity index (χ3n) is 4.43. The first-order chi connectivity index (χ1) is 13.9. The van der Waals surface area contributed by atoms with Crippen molar-refractivity contribution in [3.8, 4) is 5.69 Å². The van der Waals surface area contributed by atoms with Gasteiger partial charge in [0, 0.05) is 17.1 Å². The highest BCUT2D eigenvalue weighted by molar-refractivity contribution is 6.03. The summed E-state index contributed by atoms with van der Waals surface area (Å²) in [5.74, 6) is -1.84. The van der Waals surface area contributed by atoms with Crippen LogP contribution in [0.1, 0.15) is 32.1 Å². The van der Waals surface area contributed by atoms with Gasteiger partial charge in [-0.05, 0) is 62.4 Å². The molecule has 0 aliphatic carbocycles. The van der Waals surface area contributed by atoms with E-state index in [2.05, 4.69) is 9.88 Å². The first-order valence-corrected chi connectivity index (χ1v) is 8.98. The molecule has 0 aliphatic heterocycles. The molecule has 7 nitrogen and oxygen atoms in total. The van der Waals surface area contributed by atoms with Crippen molar-refractivity contribution in [2.45, 2.75) is 13.8 Å². The van der Waals surface area contributed by atoms with E-state index in [1.807, 2.05) is 38.1 Å². The van der Waals surface area contributed by atoms with Gasteiger partial charge in [-0.3, -0.25) is 9.59 Å². The SMILES string of the molecule is Cc1ccc(C)n1-c1ccc(C(=O)OCC(=O)Nc2ccccc2C(N)=O)cc1. The molecule has 3 rings (SSSR count). The Hall–Kier alpha value is -3.87. The molecular weight excluding hydrogens is 370 g/mol. The zero-order valence-electron chi connectivity index (χ0n) is 16.1. The van der Waals surface area contributed by atoms with Crippen molar-refractivity contribution >= 4 is 23.5 Å². The highest BCUT2D eigenvalue weighted by Gasteiger charge is 2.14. The Balaban J connectivity index is 1.61. The second-order valence-corrected chi connectivity index (χ2v) is 6.53. The summed E-state index contributed by atoms with van der Waals surface area (Å²) in [4.78, 5) is 35.7. The summed E-state index contributed by atoms with van der Waals surface area (Å²) in [6.45, 7) is 3.53. The molecule has 0 radical (unpaired) electrons. The van der Waals surface area contributed by atoms with Crippen LogP contribution < -0.4 is 11.1 Å². The molecule has 7 heteroatoms. The highest BCUT2D eigenvalue weighted by Crippen LogP contribution is 2.17. The minimum Gasteiger partial charge on any atom is -0.452 e. The van der Waals surface area contributed by atoms with E-state index in [0.717, 1.165) is 17.1 Å². The molecule has 0 fully saturated rings. The van der Waals surface area contributed by atoms with Crippen LogP contribution in [-0.4, -0.2) is 29.0 Å². The number of nitrogens with one attached hydrogen (secondary N) is 1. The average Bonchev–Trinajstić information content (AvgIpc) is 3.04. The number of benzene rings is 2. The number of nitrogens with zero attached hydrogens (tertiary/aromatic N) is 1. The first-order valence-electron chi connectivity index (χ1n) is 8.98. The Morgan fingerprint density at radius 2 is 1.55 bits per heavy atom. The Morgan fingerprint density at radius 1 is 0.931 bits per heavy atom. The molecule has 3 aromatic rings. The van der Waals surface area contributed by atoms with Crippen LogP contribution in [0.5, 0.6) is 0 Å². The van der Waals surface area contributed by atoms with Crippen molar-refractivity contribution < 1.29 is 19.1 Å². The number of amides is 2. The van der Waals surface area contributed by atoms with Crippen molar-refractivity contribution in [1.82, 2.24) is 4.57 Å². The minimum absolute atomic E-state index is 0.179. The Kier molecular flexibility index (Phi) is 5.78. The maximum Gasteiger partial charge on any atom is 0.338 e. The Labute approximate surface area is 168 Å². The van der Waals surface area contributed by atoms with Crippen LogP contribution in [-0.2, 0) is 9.53 Å². The van der Waals surface area contributed by atoms with Crippen LogP contribution in [0.2, 0.25) is 0 Å². The summed E-state index contributed by atoms with van der Waals surface area (Å²) in [5.41, 5.74) is 9.17. The maximum atomic E-state index is 12.2. The smallest absolute Gasteiger partial charge is 0.338 e. The summed E-state index contributed by atoms with van der Waals surface area (Å²) in [6, 6.07) is 17.3. The quantitative estimate of drug-likeness (QED) is 0.631. The number of ether oxygens (including phenoxy) is 1. The minimum atomic E-state index is -0.661. The van der Waals surface area contributed by atoms with E-state index in [0.29, 0.717) is 5.56 Å². The molecule has 0 aliphatic rings. The van der Waals surface area contributed by atoms with Crippen molar-refractivity contribution in [3.05, 3.63) is 83.2 Å². The Bertz CT molecular complexity index is 1050. The summed E-state index contributed by atoms with van der Waals surface area (Å²) in [7, 11) is 0. The number of hydrogen-bond acceptors (Lipinski definition) is 4. The molecule has 0 unspecified atom stereocenters. The number of anilines is 1. The van der Waals surface area contributed by atoms with Gasteiger partial charge in [0.1, 0.15) is 0 Å². The molecule has 2 amide bonds. The van der Waals surface area contributed by atoms with Gasteiger partial charge < -0.3 is 20.4 Å². The maximum absolute atomic E-state index is 12.2. The van der Waals surface area contributed by atoms with Crippen LogP contribution in [0, 0.1) is 13.8 Å². The first kappa shape index (κ1) is 19.9. The van der Waals surface area contributed by atoms with E-state index in [1.54, 1.807) is 30.3 Å². The zero-order chi connectivity index (χ0) is 21.0. The predicted octanol–water partition coefficient (Wildman–Crippen LogP) is 2.99. The van der Waals surface area contributed by atoms with Gasteiger partial charge in [-0.15, -0.1) is 0 Å². The molecule has 148 valence electrons. The van der Waals surface area contributed by atoms with E-state index in [-0.39, 0.29) is 11.3 Å². The lowest BCUT2D eigenvalue weighted by atomic mass is 10.1. The molecule has 0 spiro atoms. The van der Waals surface area contributed by atoms with Crippen molar-refractivity contribution in [1.29, 1.82) is 0 Å². The van der Waals surface area contributed by atoms with Gasteiger partial charge in [0.25, 0.3) is 11.8 Å². The van der Waals surface area contributed by atoms with E-state index < -0.39 is 24.4 Å². The number of carbonyl (C=O) groups excluding carboxylic acids is 3. The van der Waals surface area contributed by atoms with Crippen molar-refractivity contribution in [2.24, 2.45) is 5.73 Å². The summed E-state index contributed by atoms with van der Waals surface area (Å²) in [5, 5.41) is 2.52. The fourth-order valence-corrected chi connectivity index (χ4v) is 3.03. The number of para-hydroxylation sites is 1. The molecule has 1 aromatic heterocycles. The standard InChI is InChI=1S/C22H21N3O4/c1-14-7-8-15(2)25(14)17-11-9-16(10-12-17)22(28)29-13-20(26)24-19-6-4-3-5-18(19)21(23)27/h3-12H,13H2,1-2H3,(H2,23,27)(H,24,26). The lowest BCUT2D eigenvalue weighted by molar-refractivity contribution is -0.119. The number of esters is 1. The van der Waals surface area contributed by atoms with E-state index in [4.69, 9.17) is 10.5 Å². The lowest BCUT2D eigenvalue weighted by Crippen LogP contribution is -2.23. The molecule has 0 saturated heterocycles. The van der Waals surface area contributed by atoms with E-state index in [1.165, 1.54) is 6.07 Å². The molecule has 0 saturated carbocycles. The van der Waals surface area contributed by atoms with E-state index >= 15 is 0 Å². The largest absolute Gasteiger partial charge is 0.452 e. The summed E-state index contributed by atoms with van der Waals surface area (Å²) in [6.07, 6.45) is 0. The molecule has 29 heavy (non-hydrogen) atoms. The second-order valence-electron chi connectivity index (χ2n) is 6.53. The van der Waals surface area contributed by atoms with Crippen LogP contribution in [0.3, 0.4) is 0 Å². The number of rotatable bonds is 6.